The van der Waals surface area contributed by atoms with Gasteiger partial charge >= 0.3 is 12.0 Å². The lowest BCUT2D eigenvalue weighted by atomic mass is 9.94. The second-order valence-corrected chi connectivity index (χ2v) is 8.65. The van der Waals surface area contributed by atoms with E-state index >= 15 is 0 Å². The second kappa shape index (κ2) is 10.9. The Bertz CT molecular complexity index is 1180. The minimum absolute atomic E-state index is 0.146. The number of benzene rings is 2. The molecule has 3 amide bonds. The third-order valence-electron chi connectivity index (χ3n) is 6.38. The number of rotatable bonds is 6. The summed E-state index contributed by atoms with van der Waals surface area (Å²) in [5.41, 5.74) is 1.56. The van der Waals surface area contributed by atoms with Crippen LogP contribution >= 0.6 is 0 Å². The zero-order chi connectivity index (χ0) is 25.8. The summed E-state index contributed by atoms with van der Waals surface area (Å²) >= 11 is 0. The smallest absolute Gasteiger partial charge is 0.338 e. The maximum atomic E-state index is 14.0. The van der Waals surface area contributed by atoms with Crippen LogP contribution in [0.3, 0.4) is 0 Å². The fourth-order valence-electron chi connectivity index (χ4n) is 4.43. The molecule has 2 aliphatic rings. The van der Waals surface area contributed by atoms with Gasteiger partial charge in [-0.1, -0.05) is 12.1 Å². The van der Waals surface area contributed by atoms with Crippen molar-refractivity contribution < 1.29 is 27.9 Å². The molecule has 1 atom stereocenters. The first kappa shape index (κ1) is 25.3. The lowest BCUT2D eigenvalue weighted by Crippen LogP contribution is -2.53. The van der Waals surface area contributed by atoms with Gasteiger partial charge in [0, 0.05) is 51.0 Å². The third-order valence-corrected chi connectivity index (χ3v) is 6.38. The predicted octanol–water partition coefficient (Wildman–Crippen LogP) is 2.94. The maximum absolute atomic E-state index is 14.0. The lowest BCUT2D eigenvalue weighted by Gasteiger charge is -2.39. The van der Waals surface area contributed by atoms with Crippen LogP contribution in [0.4, 0.5) is 13.6 Å². The van der Waals surface area contributed by atoms with Gasteiger partial charge in [0.25, 0.3) is 5.91 Å². The zero-order valence-corrected chi connectivity index (χ0v) is 20.2. The molecule has 190 valence electrons. The van der Waals surface area contributed by atoms with E-state index in [0.717, 1.165) is 0 Å². The van der Waals surface area contributed by atoms with Crippen LogP contribution in [0.25, 0.3) is 0 Å². The first-order valence-electron chi connectivity index (χ1n) is 11.8. The second-order valence-electron chi connectivity index (χ2n) is 8.65. The zero-order valence-electron chi connectivity index (χ0n) is 20.2. The molecule has 10 heteroatoms. The van der Waals surface area contributed by atoms with E-state index < -0.39 is 29.7 Å². The predicted molar refractivity (Wildman–Crippen MR) is 128 cm³/mol. The van der Waals surface area contributed by atoms with Crippen molar-refractivity contribution >= 4 is 17.9 Å². The average molecular weight is 499 g/mol. The van der Waals surface area contributed by atoms with Crippen molar-refractivity contribution in [2.24, 2.45) is 0 Å². The van der Waals surface area contributed by atoms with E-state index in [0.29, 0.717) is 43.0 Å². The number of piperazine rings is 1. The summed E-state index contributed by atoms with van der Waals surface area (Å²) < 4.78 is 32.5. The molecule has 8 nitrogen and oxygen atoms in total. The molecule has 0 unspecified atom stereocenters. The van der Waals surface area contributed by atoms with Crippen LogP contribution in [0.5, 0.6) is 0 Å². The van der Waals surface area contributed by atoms with Crippen molar-refractivity contribution in [2.45, 2.75) is 13.0 Å². The summed E-state index contributed by atoms with van der Waals surface area (Å²) in [7, 11) is 1.57. The molecule has 2 heterocycles. The normalized spacial score (nSPS) is 18.8. The molecule has 0 aliphatic carbocycles. The maximum Gasteiger partial charge on any atom is 0.338 e. The van der Waals surface area contributed by atoms with Gasteiger partial charge < -0.3 is 15.0 Å². The summed E-state index contributed by atoms with van der Waals surface area (Å²) in [4.78, 5) is 43.7. The van der Waals surface area contributed by atoms with Crippen LogP contribution in [-0.2, 0) is 9.53 Å². The highest BCUT2D eigenvalue weighted by atomic mass is 19.1. The summed E-state index contributed by atoms with van der Waals surface area (Å²) in [6.45, 7) is 3.98. The first-order chi connectivity index (χ1) is 17.3. The quantitative estimate of drug-likeness (QED) is 0.620. The number of nitrogens with zero attached hydrogens (tertiary/aromatic N) is 3. The molecule has 36 heavy (non-hydrogen) atoms. The van der Waals surface area contributed by atoms with E-state index in [9.17, 15) is 23.2 Å². The van der Waals surface area contributed by atoms with Crippen molar-refractivity contribution in [1.29, 1.82) is 0 Å². The van der Waals surface area contributed by atoms with Gasteiger partial charge in [0.05, 0.1) is 18.2 Å². The van der Waals surface area contributed by atoms with E-state index in [2.05, 4.69) is 5.32 Å². The molecular weight excluding hydrogens is 470 g/mol. The molecule has 0 bridgehead atoms. The van der Waals surface area contributed by atoms with Crippen molar-refractivity contribution in [2.75, 3.05) is 46.4 Å². The molecule has 0 aromatic heterocycles. The third kappa shape index (κ3) is 5.38. The van der Waals surface area contributed by atoms with Crippen molar-refractivity contribution in [1.82, 2.24) is 20.0 Å². The van der Waals surface area contributed by atoms with Gasteiger partial charge in [-0.3, -0.25) is 14.6 Å². The number of likely N-dealkylation sites (N-methyl/N-ethyl adjacent to an activating group) is 1. The van der Waals surface area contributed by atoms with E-state index in [1.165, 1.54) is 47.4 Å². The van der Waals surface area contributed by atoms with E-state index in [-0.39, 0.29) is 24.6 Å². The number of amides is 3. The fraction of sp³-hybridized carbons (Fsp3) is 0.346. The molecule has 2 aliphatic heterocycles. The SMILES string of the molecule is CCOC(=O)C1=C(CN2CCN(C(=O)c3ccc(F)cc3)CC2)N(C)C(=O)N[C@@H]1c1cccc(F)c1. The molecule has 0 spiro atoms. The fourth-order valence-corrected chi connectivity index (χ4v) is 4.43. The molecular formula is C26H28F2N4O4. The number of halogens is 2. The molecule has 2 aromatic carbocycles. The number of hydrogen-bond donors (Lipinski definition) is 1. The monoisotopic (exact) mass is 498 g/mol. The summed E-state index contributed by atoms with van der Waals surface area (Å²) in [5, 5.41) is 2.77. The minimum Gasteiger partial charge on any atom is -0.463 e. The molecule has 2 aromatic rings. The van der Waals surface area contributed by atoms with Gasteiger partial charge in [-0.05, 0) is 48.9 Å². The van der Waals surface area contributed by atoms with E-state index in [1.54, 1.807) is 24.9 Å². The number of ether oxygens (including phenoxy) is 1. The van der Waals surface area contributed by atoms with E-state index in [4.69, 9.17) is 4.74 Å². The Hall–Kier alpha value is -3.79. The summed E-state index contributed by atoms with van der Waals surface area (Å²) in [5.74, 6) is -1.65. The van der Waals surface area contributed by atoms with Crippen LogP contribution in [0, 0.1) is 11.6 Å². The number of carbonyl (C=O) groups excluding carboxylic acids is 3. The number of esters is 1. The van der Waals surface area contributed by atoms with Crippen molar-refractivity contribution in [3.05, 3.63) is 82.6 Å². The Kier molecular flexibility index (Phi) is 7.64. The van der Waals surface area contributed by atoms with Crippen molar-refractivity contribution in [3.63, 3.8) is 0 Å². The first-order valence-corrected chi connectivity index (χ1v) is 11.8. The molecule has 1 N–H and O–H groups in total. The van der Waals surface area contributed by atoms with Gasteiger partial charge in [-0.2, -0.15) is 0 Å². The van der Waals surface area contributed by atoms with Gasteiger partial charge in [0.15, 0.2) is 0 Å². The van der Waals surface area contributed by atoms with Gasteiger partial charge in [0.2, 0.25) is 0 Å². The highest BCUT2D eigenvalue weighted by molar-refractivity contribution is 5.95. The Morgan fingerprint density at radius 3 is 2.36 bits per heavy atom. The van der Waals surface area contributed by atoms with Gasteiger partial charge in [0.1, 0.15) is 11.6 Å². The van der Waals surface area contributed by atoms with Gasteiger partial charge in [-0.15, -0.1) is 0 Å². The standard InChI is InChI=1S/C26H28F2N4O4/c1-3-36-25(34)22-21(30(2)26(35)29-23(22)18-5-4-6-20(28)15-18)16-31-11-13-32(14-12-31)24(33)17-7-9-19(27)10-8-17/h4-10,15,23H,3,11-14,16H2,1-2H3,(H,29,35)/t23-/m1/s1. The lowest BCUT2D eigenvalue weighted by molar-refractivity contribution is -0.139. The van der Waals surface area contributed by atoms with Crippen LogP contribution in [0.2, 0.25) is 0 Å². The molecule has 0 radical (unpaired) electrons. The summed E-state index contributed by atoms with van der Waals surface area (Å²) in [6.07, 6.45) is 0. The van der Waals surface area contributed by atoms with Crippen LogP contribution in [0.15, 0.2) is 59.8 Å². The number of hydrogen-bond acceptors (Lipinski definition) is 5. The topological polar surface area (TPSA) is 82.2 Å². The van der Waals surface area contributed by atoms with Crippen molar-refractivity contribution in [3.8, 4) is 0 Å². The van der Waals surface area contributed by atoms with E-state index in [1.807, 2.05) is 4.90 Å². The summed E-state index contributed by atoms with van der Waals surface area (Å²) in [6, 6.07) is 9.90. The Morgan fingerprint density at radius 2 is 1.72 bits per heavy atom. The minimum atomic E-state index is -0.861. The highest BCUT2D eigenvalue weighted by Crippen LogP contribution is 2.32. The Balaban J connectivity index is 1.56. The number of carbonyl (C=O) groups is 3. The molecule has 1 saturated heterocycles. The number of nitrogens with one attached hydrogen (secondary N) is 1. The Labute approximate surface area is 208 Å². The van der Waals surface area contributed by atoms with Crippen LogP contribution < -0.4 is 5.32 Å². The van der Waals surface area contributed by atoms with Crippen LogP contribution in [0.1, 0.15) is 28.9 Å². The highest BCUT2D eigenvalue weighted by Gasteiger charge is 2.38. The van der Waals surface area contributed by atoms with Gasteiger partial charge in [-0.25, -0.2) is 18.4 Å². The largest absolute Gasteiger partial charge is 0.463 e. The van der Waals surface area contributed by atoms with Crippen LogP contribution in [-0.4, -0.2) is 79.0 Å². The average Bonchev–Trinajstić information content (AvgIpc) is 2.87. The molecule has 0 saturated carbocycles. The Morgan fingerprint density at radius 1 is 1.03 bits per heavy atom. The number of urea groups is 1. The molecule has 4 rings (SSSR count). The molecule has 1 fully saturated rings.